The van der Waals surface area contributed by atoms with E-state index < -0.39 is 4.92 Å². The molecule has 0 unspecified atom stereocenters. The molecule has 8 nitrogen and oxygen atoms in total. The molecule has 0 aliphatic heterocycles. The molecule has 0 aliphatic carbocycles. The average molecular weight is 302 g/mol. The van der Waals surface area contributed by atoms with E-state index in [9.17, 15) is 10.1 Å². The molecule has 0 bridgehead atoms. The van der Waals surface area contributed by atoms with Gasteiger partial charge in [-0.3, -0.25) is 0 Å². The van der Waals surface area contributed by atoms with Gasteiger partial charge in [-0.15, -0.1) is 10.2 Å². The summed E-state index contributed by atoms with van der Waals surface area (Å²) in [5.41, 5.74) is 0. The Labute approximate surface area is 104 Å². The molecule has 0 aliphatic rings. The number of aryl methyl sites for hydroxylation is 1. The molecule has 0 spiro atoms. The van der Waals surface area contributed by atoms with E-state index in [0.717, 1.165) is 0 Å². The first-order chi connectivity index (χ1) is 8.10. The Hall–Kier alpha value is -1.77. The summed E-state index contributed by atoms with van der Waals surface area (Å²) in [6.45, 7) is 2.10. The molecule has 90 valence electrons. The highest BCUT2D eigenvalue weighted by molar-refractivity contribution is 9.10. The Balaban J connectivity index is 2.18. The van der Waals surface area contributed by atoms with Crippen LogP contribution in [0.4, 0.5) is 5.82 Å². The van der Waals surface area contributed by atoms with Crippen molar-refractivity contribution in [2.45, 2.75) is 19.9 Å². The highest BCUT2D eigenvalue weighted by Gasteiger charge is 2.19. The van der Waals surface area contributed by atoms with Gasteiger partial charge in [-0.25, -0.2) is 0 Å². The second-order valence-electron chi connectivity index (χ2n) is 3.20. The van der Waals surface area contributed by atoms with Crippen molar-refractivity contribution in [3.63, 3.8) is 0 Å². The van der Waals surface area contributed by atoms with Crippen molar-refractivity contribution in [2.75, 3.05) is 0 Å². The SMILES string of the molecule is CCc1nnc(Cn2cc(Br)c([N+](=O)[O-])n2)o1. The Kier molecular flexibility index (Phi) is 3.18. The molecular formula is C8H8BrN5O3. The van der Waals surface area contributed by atoms with Gasteiger partial charge in [0.1, 0.15) is 11.0 Å². The minimum Gasteiger partial charge on any atom is -0.423 e. The number of hydrogen-bond donors (Lipinski definition) is 0. The second kappa shape index (κ2) is 4.62. The molecule has 0 saturated heterocycles. The average Bonchev–Trinajstić information content (AvgIpc) is 2.85. The lowest BCUT2D eigenvalue weighted by molar-refractivity contribution is -0.390. The van der Waals surface area contributed by atoms with E-state index in [1.54, 1.807) is 0 Å². The van der Waals surface area contributed by atoms with E-state index in [4.69, 9.17) is 4.42 Å². The quantitative estimate of drug-likeness (QED) is 0.627. The van der Waals surface area contributed by atoms with E-state index in [0.29, 0.717) is 22.7 Å². The first-order valence-electron chi connectivity index (χ1n) is 4.78. The van der Waals surface area contributed by atoms with E-state index in [1.165, 1.54) is 10.9 Å². The van der Waals surface area contributed by atoms with Gasteiger partial charge in [-0.1, -0.05) is 6.92 Å². The van der Waals surface area contributed by atoms with Crippen molar-refractivity contribution in [1.82, 2.24) is 20.0 Å². The Bertz CT molecular complexity index is 549. The maximum absolute atomic E-state index is 10.6. The maximum atomic E-state index is 10.6. The van der Waals surface area contributed by atoms with Gasteiger partial charge in [-0.2, -0.15) is 4.68 Å². The third kappa shape index (κ3) is 2.49. The standard InChI is InChI=1S/C8H8BrN5O3/c1-2-6-10-11-7(17-6)4-13-3-5(9)8(12-13)14(15)16/h3H,2,4H2,1H3. The Morgan fingerprint density at radius 3 is 2.76 bits per heavy atom. The summed E-state index contributed by atoms with van der Waals surface area (Å²) < 4.78 is 6.97. The third-order valence-corrected chi connectivity index (χ3v) is 2.54. The van der Waals surface area contributed by atoms with Gasteiger partial charge in [-0.05, 0) is 20.9 Å². The molecule has 2 aromatic rings. The van der Waals surface area contributed by atoms with Crippen LogP contribution in [0.5, 0.6) is 0 Å². The van der Waals surface area contributed by atoms with Crippen LogP contribution < -0.4 is 0 Å². The number of halogens is 1. The topological polar surface area (TPSA) is 99.9 Å². The number of hydrogen-bond acceptors (Lipinski definition) is 6. The Morgan fingerprint density at radius 1 is 1.53 bits per heavy atom. The van der Waals surface area contributed by atoms with Gasteiger partial charge >= 0.3 is 5.82 Å². The van der Waals surface area contributed by atoms with Crippen LogP contribution in [0.2, 0.25) is 0 Å². The summed E-state index contributed by atoms with van der Waals surface area (Å²) in [6.07, 6.45) is 2.14. The van der Waals surface area contributed by atoms with E-state index >= 15 is 0 Å². The zero-order valence-electron chi connectivity index (χ0n) is 8.83. The smallest absolute Gasteiger partial charge is 0.404 e. The van der Waals surface area contributed by atoms with E-state index in [-0.39, 0.29) is 12.4 Å². The van der Waals surface area contributed by atoms with Crippen molar-refractivity contribution in [3.8, 4) is 0 Å². The van der Waals surface area contributed by atoms with Crippen LogP contribution in [0.3, 0.4) is 0 Å². The van der Waals surface area contributed by atoms with E-state index in [2.05, 4.69) is 31.2 Å². The van der Waals surface area contributed by atoms with Crippen molar-refractivity contribution < 1.29 is 9.34 Å². The van der Waals surface area contributed by atoms with Crippen LogP contribution in [0.1, 0.15) is 18.7 Å². The molecule has 0 aromatic carbocycles. The van der Waals surface area contributed by atoms with Crippen LogP contribution in [-0.4, -0.2) is 24.9 Å². The van der Waals surface area contributed by atoms with Crippen molar-refractivity contribution >= 4 is 21.7 Å². The normalized spacial score (nSPS) is 10.7. The van der Waals surface area contributed by atoms with Crippen molar-refractivity contribution in [2.24, 2.45) is 0 Å². The second-order valence-corrected chi connectivity index (χ2v) is 4.05. The number of nitrogens with zero attached hydrogens (tertiary/aromatic N) is 5. The first kappa shape index (κ1) is 11.7. The molecule has 17 heavy (non-hydrogen) atoms. The predicted octanol–water partition coefficient (Wildman–Crippen LogP) is 1.55. The van der Waals surface area contributed by atoms with Crippen LogP contribution >= 0.6 is 15.9 Å². The minimum atomic E-state index is -0.564. The van der Waals surface area contributed by atoms with Crippen molar-refractivity contribution in [1.29, 1.82) is 0 Å². The van der Waals surface area contributed by atoms with Crippen molar-refractivity contribution in [3.05, 3.63) is 32.6 Å². The largest absolute Gasteiger partial charge is 0.423 e. The summed E-state index contributed by atoms with van der Waals surface area (Å²) in [7, 11) is 0. The molecule has 2 rings (SSSR count). The molecule has 0 fully saturated rings. The molecular weight excluding hydrogens is 294 g/mol. The summed E-state index contributed by atoms with van der Waals surface area (Å²) >= 11 is 3.06. The number of rotatable bonds is 4. The molecule has 9 heteroatoms. The molecule has 2 aromatic heterocycles. The van der Waals surface area contributed by atoms with Crippen LogP contribution in [0.15, 0.2) is 15.1 Å². The molecule has 0 saturated carbocycles. The molecule has 0 atom stereocenters. The van der Waals surface area contributed by atoms with Gasteiger partial charge in [0, 0.05) is 6.42 Å². The Morgan fingerprint density at radius 2 is 2.24 bits per heavy atom. The van der Waals surface area contributed by atoms with Gasteiger partial charge in [0.15, 0.2) is 0 Å². The number of nitro groups is 1. The number of aromatic nitrogens is 4. The van der Waals surface area contributed by atoms with Gasteiger partial charge in [0.05, 0.1) is 11.3 Å². The zero-order valence-corrected chi connectivity index (χ0v) is 10.4. The monoisotopic (exact) mass is 301 g/mol. The predicted molar refractivity (Wildman–Crippen MR) is 59.4 cm³/mol. The van der Waals surface area contributed by atoms with Crippen LogP contribution in [-0.2, 0) is 13.0 Å². The van der Waals surface area contributed by atoms with Gasteiger partial charge in [0.25, 0.3) is 0 Å². The molecule has 0 N–H and O–H groups in total. The minimum absolute atomic E-state index is 0.208. The highest BCUT2D eigenvalue weighted by Crippen LogP contribution is 2.22. The van der Waals surface area contributed by atoms with Gasteiger partial charge < -0.3 is 14.5 Å². The summed E-state index contributed by atoms with van der Waals surface area (Å²) in [5, 5.41) is 22.0. The fraction of sp³-hybridized carbons (Fsp3) is 0.375. The fourth-order valence-electron chi connectivity index (χ4n) is 1.23. The lowest BCUT2D eigenvalue weighted by atomic mass is 10.5. The molecule has 0 amide bonds. The lowest BCUT2D eigenvalue weighted by Crippen LogP contribution is -2.01. The highest BCUT2D eigenvalue weighted by atomic mass is 79.9. The summed E-state index contributed by atoms with van der Waals surface area (Å²) in [5.74, 6) is 0.660. The molecule has 2 heterocycles. The molecule has 0 radical (unpaired) electrons. The van der Waals surface area contributed by atoms with E-state index in [1.807, 2.05) is 6.92 Å². The maximum Gasteiger partial charge on any atom is 0.404 e. The van der Waals surface area contributed by atoms with Gasteiger partial charge in [0.2, 0.25) is 11.8 Å². The van der Waals surface area contributed by atoms with Crippen LogP contribution in [0.25, 0.3) is 0 Å². The zero-order chi connectivity index (χ0) is 12.4. The summed E-state index contributed by atoms with van der Waals surface area (Å²) in [6, 6.07) is 0. The summed E-state index contributed by atoms with van der Waals surface area (Å²) in [4.78, 5) is 10.0. The first-order valence-corrected chi connectivity index (χ1v) is 5.58. The fourth-order valence-corrected chi connectivity index (χ4v) is 1.69. The van der Waals surface area contributed by atoms with Crippen LogP contribution in [0, 0.1) is 10.1 Å². The lowest BCUT2D eigenvalue weighted by Gasteiger charge is -1.89. The third-order valence-electron chi connectivity index (χ3n) is 1.98.